The number of carbonyl (C=O) groups excluding carboxylic acids is 1. The Morgan fingerprint density at radius 2 is 2.04 bits per heavy atom. The molecule has 28 heavy (non-hydrogen) atoms. The monoisotopic (exact) mass is 388 g/mol. The van der Waals surface area contributed by atoms with Gasteiger partial charge in [0.25, 0.3) is 0 Å². The zero-order valence-corrected chi connectivity index (χ0v) is 18.4. The molecule has 3 nitrogen and oxygen atoms in total. The van der Waals surface area contributed by atoms with Gasteiger partial charge >= 0.3 is 5.97 Å². The third-order valence-electron chi connectivity index (χ3n) is 9.79. The van der Waals surface area contributed by atoms with Gasteiger partial charge in [0.1, 0.15) is 0 Å². The predicted molar refractivity (Wildman–Crippen MR) is 112 cm³/mol. The zero-order valence-electron chi connectivity index (χ0n) is 18.4. The maximum Gasteiger partial charge on any atom is 0.305 e. The highest BCUT2D eigenvalue weighted by atomic mass is 16.5. The van der Waals surface area contributed by atoms with Crippen LogP contribution in [0.5, 0.6) is 0 Å². The molecule has 0 aromatic carbocycles. The standard InChI is InChI=1S/C25H40O3/c1-16(5-10-23(27)28-4)20-8-9-21-19-7-6-17-15-18(26)11-13-24(17,2)22(19)12-14-25(20,21)3/h12,16-21,26H,5-11,13-15H2,1-4H3/t16-,17-,18-,19+,20?,21+,24+,25-/m1/s1. The van der Waals surface area contributed by atoms with Crippen molar-refractivity contribution in [2.24, 2.45) is 40.4 Å². The number of methoxy groups -OCH3 is 1. The van der Waals surface area contributed by atoms with Crippen LogP contribution in [0, 0.1) is 40.4 Å². The van der Waals surface area contributed by atoms with Crippen molar-refractivity contribution in [3.63, 3.8) is 0 Å². The number of ether oxygens (including phenoxy) is 1. The number of rotatable bonds is 4. The number of fused-ring (bicyclic) bond motifs is 5. The first kappa shape index (κ1) is 20.4. The predicted octanol–water partition coefficient (Wildman–Crippen LogP) is 5.52. The van der Waals surface area contributed by atoms with Crippen LogP contribution in [0.25, 0.3) is 0 Å². The molecular weight excluding hydrogens is 348 g/mol. The zero-order chi connectivity index (χ0) is 20.1. The molecule has 1 N–H and O–H groups in total. The Labute approximate surface area is 171 Å². The minimum absolute atomic E-state index is 0.0666. The molecule has 3 saturated carbocycles. The summed E-state index contributed by atoms with van der Waals surface area (Å²) in [6.45, 7) is 7.42. The molecule has 4 rings (SSSR count). The summed E-state index contributed by atoms with van der Waals surface area (Å²) in [6, 6.07) is 0. The highest BCUT2D eigenvalue weighted by molar-refractivity contribution is 5.69. The van der Waals surface area contributed by atoms with Gasteiger partial charge in [-0.05, 0) is 98.2 Å². The average molecular weight is 389 g/mol. The Morgan fingerprint density at radius 1 is 1.25 bits per heavy atom. The van der Waals surface area contributed by atoms with E-state index < -0.39 is 0 Å². The molecule has 0 aromatic heterocycles. The van der Waals surface area contributed by atoms with Crippen LogP contribution < -0.4 is 0 Å². The number of hydrogen-bond donors (Lipinski definition) is 1. The fourth-order valence-corrected chi connectivity index (χ4v) is 8.13. The first-order valence-corrected chi connectivity index (χ1v) is 11.7. The maximum atomic E-state index is 11.6. The quantitative estimate of drug-likeness (QED) is 0.510. The highest BCUT2D eigenvalue weighted by Gasteiger charge is 2.57. The summed E-state index contributed by atoms with van der Waals surface area (Å²) in [5.74, 6) is 3.48. The summed E-state index contributed by atoms with van der Waals surface area (Å²) in [6.07, 6.45) is 13.8. The van der Waals surface area contributed by atoms with Crippen molar-refractivity contribution in [3.8, 4) is 0 Å². The summed E-state index contributed by atoms with van der Waals surface area (Å²) < 4.78 is 4.87. The third-order valence-corrected chi connectivity index (χ3v) is 9.79. The molecule has 0 heterocycles. The molecule has 8 atom stereocenters. The van der Waals surface area contributed by atoms with E-state index >= 15 is 0 Å². The number of aliphatic hydroxyl groups excluding tert-OH is 1. The van der Waals surface area contributed by atoms with Gasteiger partial charge in [0.2, 0.25) is 0 Å². The van der Waals surface area contributed by atoms with Gasteiger partial charge in [0.05, 0.1) is 13.2 Å². The van der Waals surface area contributed by atoms with Crippen LogP contribution in [-0.2, 0) is 9.53 Å². The van der Waals surface area contributed by atoms with E-state index in [2.05, 4.69) is 26.8 Å². The second-order valence-electron chi connectivity index (χ2n) is 11.0. The summed E-state index contributed by atoms with van der Waals surface area (Å²) in [5, 5.41) is 10.2. The third kappa shape index (κ3) is 3.16. The maximum absolute atomic E-state index is 11.6. The molecule has 0 aromatic rings. The Morgan fingerprint density at radius 3 is 2.79 bits per heavy atom. The van der Waals surface area contributed by atoms with Crippen molar-refractivity contribution in [2.45, 2.75) is 91.1 Å². The van der Waals surface area contributed by atoms with Crippen molar-refractivity contribution < 1.29 is 14.6 Å². The van der Waals surface area contributed by atoms with Crippen LogP contribution >= 0.6 is 0 Å². The van der Waals surface area contributed by atoms with E-state index in [-0.39, 0.29) is 12.1 Å². The average Bonchev–Trinajstić information content (AvgIpc) is 3.03. The highest BCUT2D eigenvalue weighted by Crippen LogP contribution is 2.66. The minimum Gasteiger partial charge on any atom is -0.469 e. The summed E-state index contributed by atoms with van der Waals surface area (Å²) in [5.41, 5.74) is 2.49. The Bertz CT molecular complexity index is 640. The van der Waals surface area contributed by atoms with Crippen molar-refractivity contribution in [2.75, 3.05) is 7.11 Å². The number of allylic oxidation sites excluding steroid dienone is 2. The van der Waals surface area contributed by atoms with E-state index in [1.54, 1.807) is 5.57 Å². The van der Waals surface area contributed by atoms with Crippen molar-refractivity contribution in [1.29, 1.82) is 0 Å². The summed E-state index contributed by atoms with van der Waals surface area (Å²) in [7, 11) is 1.49. The lowest BCUT2D eigenvalue weighted by atomic mass is 9.48. The molecule has 158 valence electrons. The van der Waals surface area contributed by atoms with Gasteiger partial charge in [-0.2, -0.15) is 0 Å². The number of aliphatic hydroxyl groups is 1. The fraction of sp³-hybridized carbons (Fsp3) is 0.880. The van der Waals surface area contributed by atoms with E-state index in [9.17, 15) is 9.90 Å². The molecule has 0 saturated heterocycles. The first-order valence-electron chi connectivity index (χ1n) is 11.7. The minimum atomic E-state index is -0.0735. The van der Waals surface area contributed by atoms with E-state index in [0.29, 0.717) is 29.1 Å². The molecule has 0 spiro atoms. The van der Waals surface area contributed by atoms with Crippen LogP contribution in [-0.4, -0.2) is 24.3 Å². The van der Waals surface area contributed by atoms with Gasteiger partial charge < -0.3 is 9.84 Å². The summed E-state index contributed by atoms with van der Waals surface area (Å²) in [4.78, 5) is 11.6. The lowest BCUT2D eigenvalue weighted by Crippen LogP contribution is -2.48. The molecule has 0 radical (unpaired) electrons. The number of esters is 1. The van der Waals surface area contributed by atoms with Gasteiger partial charge in [0, 0.05) is 6.42 Å². The van der Waals surface area contributed by atoms with Crippen LogP contribution in [0.1, 0.15) is 85.0 Å². The lowest BCUT2D eigenvalue weighted by molar-refractivity contribution is -0.141. The smallest absolute Gasteiger partial charge is 0.305 e. The molecule has 1 unspecified atom stereocenters. The summed E-state index contributed by atoms with van der Waals surface area (Å²) >= 11 is 0. The van der Waals surface area contributed by atoms with Gasteiger partial charge in [-0.1, -0.05) is 32.4 Å². The van der Waals surface area contributed by atoms with Gasteiger partial charge in [-0.25, -0.2) is 0 Å². The molecule has 4 aliphatic carbocycles. The SMILES string of the molecule is COC(=O)CC[C@@H](C)C1CC[C@H]2[C@@H]3CC[C@@H]4C[C@H](O)CC[C@]4(C)C3=CC[C@]12C. The second kappa shape index (κ2) is 7.45. The van der Waals surface area contributed by atoms with Crippen molar-refractivity contribution in [3.05, 3.63) is 11.6 Å². The first-order chi connectivity index (χ1) is 13.3. The Hall–Kier alpha value is -0.830. The van der Waals surface area contributed by atoms with Crippen LogP contribution in [0.2, 0.25) is 0 Å². The van der Waals surface area contributed by atoms with Gasteiger partial charge in [-0.3, -0.25) is 4.79 Å². The lowest BCUT2D eigenvalue weighted by Gasteiger charge is -2.57. The topological polar surface area (TPSA) is 46.5 Å². The van der Waals surface area contributed by atoms with E-state index in [0.717, 1.165) is 37.0 Å². The molecule has 4 aliphatic rings. The van der Waals surface area contributed by atoms with Crippen molar-refractivity contribution >= 4 is 5.97 Å². The van der Waals surface area contributed by atoms with Gasteiger partial charge in [0.15, 0.2) is 0 Å². The number of hydrogen-bond acceptors (Lipinski definition) is 3. The number of carbonyl (C=O) groups is 1. The van der Waals surface area contributed by atoms with Crippen molar-refractivity contribution in [1.82, 2.24) is 0 Å². The van der Waals surface area contributed by atoms with Gasteiger partial charge in [-0.15, -0.1) is 0 Å². The Kier molecular flexibility index (Phi) is 5.44. The normalized spacial score (nSPS) is 46.0. The van der Waals surface area contributed by atoms with Crippen LogP contribution in [0.15, 0.2) is 11.6 Å². The van der Waals surface area contributed by atoms with E-state index in [1.165, 1.54) is 45.6 Å². The molecule has 0 bridgehead atoms. The molecule has 3 heteroatoms. The fourth-order valence-electron chi connectivity index (χ4n) is 8.13. The second-order valence-corrected chi connectivity index (χ2v) is 11.0. The largest absolute Gasteiger partial charge is 0.469 e. The van der Waals surface area contributed by atoms with E-state index in [1.807, 2.05) is 0 Å². The molecular formula is C25H40O3. The van der Waals surface area contributed by atoms with Crippen LogP contribution in [0.4, 0.5) is 0 Å². The molecule has 0 amide bonds. The molecule has 3 fully saturated rings. The van der Waals surface area contributed by atoms with Crippen LogP contribution in [0.3, 0.4) is 0 Å². The molecule has 0 aliphatic heterocycles. The Balaban J connectivity index is 1.53. The van der Waals surface area contributed by atoms with E-state index in [4.69, 9.17) is 4.74 Å².